The smallest absolute Gasteiger partial charge is 0.303 e. The molecule has 1 aliphatic carbocycles. The highest BCUT2D eigenvalue weighted by Gasteiger charge is 2.27. The van der Waals surface area contributed by atoms with Crippen LogP contribution in [0.25, 0.3) is 11.0 Å². The minimum atomic E-state index is -0.745. The minimum Gasteiger partial charge on any atom is -0.481 e. The fraction of sp³-hybridized carbons (Fsp3) is 0.462. The molecule has 0 spiro atoms. The zero-order chi connectivity index (χ0) is 12.5. The number of fused-ring (bicyclic) bond motifs is 1. The summed E-state index contributed by atoms with van der Waals surface area (Å²) in [6.45, 7) is 0. The van der Waals surface area contributed by atoms with Gasteiger partial charge in [0.05, 0.1) is 11.7 Å². The highest BCUT2D eigenvalue weighted by atomic mass is 16.4. The molecular formula is C13H15N3O2. The third-order valence-corrected chi connectivity index (χ3v) is 3.27. The second-order valence-corrected chi connectivity index (χ2v) is 4.74. The molecule has 0 bridgehead atoms. The molecule has 1 saturated carbocycles. The van der Waals surface area contributed by atoms with Crippen molar-refractivity contribution in [2.24, 2.45) is 0 Å². The lowest BCUT2D eigenvalue weighted by Gasteiger charge is -2.06. The first kappa shape index (κ1) is 11.2. The average molecular weight is 245 g/mol. The Hall–Kier alpha value is -1.91. The van der Waals surface area contributed by atoms with Crippen LogP contribution in [0.2, 0.25) is 0 Å². The van der Waals surface area contributed by atoms with Crippen molar-refractivity contribution in [1.82, 2.24) is 14.5 Å². The summed E-state index contributed by atoms with van der Waals surface area (Å²) in [5, 5.41) is 8.68. The number of aryl methyl sites for hydroxylation is 1. The van der Waals surface area contributed by atoms with E-state index in [2.05, 4.69) is 14.5 Å². The van der Waals surface area contributed by atoms with Crippen molar-refractivity contribution in [2.75, 3.05) is 0 Å². The molecule has 0 atom stereocenters. The van der Waals surface area contributed by atoms with Gasteiger partial charge in [0.2, 0.25) is 0 Å². The van der Waals surface area contributed by atoms with E-state index in [1.54, 1.807) is 12.4 Å². The fourth-order valence-corrected chi connectivity index (χ4v) is 2.31. The van der Waals surface area contributed by atoms with E-state index in [9.17, 15) is 4.79 Å². The summed E-state index contributed by atoms with van der Waals surface area (Å²) in [6, 6.07) is 2.54. The molecule has 0 aliphatic heterocycles. The van der Waals surface area contributed by atoms with Crippen LogP contribution in [0.1, 0.15) is 37.5 Å². The Morgan fingerprint density at radius 1 is 1.50 bits per heavy atom. The quantitative estimate of drug-likeness (QED) is 0.876. The molecule has 5 nitrogen and oxygen atoms in total. The van der Waals surface area contributed by atoms with Gasteiger partial charge in [0.15, 0.2) is 0 Å². The predicted octanol–water partition coefficient (Wildman–Crippen LogP) is 2.17. The van der Waals surface area contributed by atoms with Crippen molar-refractivity contribution >= 4 is 17.0 Å². The Labute approximate surface area is 104 Å². The number of imidazole rings is 1. The fourth-order valence-electron chi connectivity index (χ4n) is 2.31. The first-order valence-corrected chi connectivity index (χ1v) is 6.28. The normalized spacial score (nSPS) is 15.1. The van der Waals surface area contributed by atoms with Crippen LogP contribution in [0.15, 0.2) is 18.5 Å². The number of carbonyl (C=O) groups is 1. The molecular weight excluding hydrogens is 230 g/mol. The summed E-state index contributed by atoms with van der Waals surface area (Å²) in [6.07, 6.45) is 7.50. The molecule has 5 heteroatoms. The standard InChI is InChI=1S/C13H15N3O2/c17-13(18)3-1-2-12-15-10-8-14-7-6-11(10)16(12)9-4-5-9/h6-9H,1-5H2,(H,17,18). The van der Waals surface area contributed by atoms with E-state index in [1.165, 1.54) is 12.8 Å². The summed E-state index contributed by atoms with van der Waals surface area (Å²) < 4.78 is 2.26. The molecule has 2 heterocycles. The second-order valence-electron chi connectivity index (χ2n) is 4.74. The first-order valence-electron chi connectivity index (χ1n) is 6.28. The van der Waals surface area contributed by atoms with Crippen LogP contribution in [0, 0.1) is 0 Å². The molecule has 0 amide bonds. The molecule has 0 unspecified atom stereocenters. The van der Waals surface area contributed by atoms with Crippen molar-refractivity contribution < 1.29 is 9.90 Å². The predicted molar refractivity (Wildman–Crippen MR) is 66.4 cm³/mol. The maximum atomic E-state index is 10.6. The second kappa shape index (κ2) is 4.40. The summed E-state index contributed by atoms with van der Waals surface area (Å²) >= 11 is 0. The van der Waals surface area contributed by atoms with E-state index < -0.39 is 5.97 Å². The summed E-state index contributed by atoms with van der Waals surface area (Å²) in [5.74, 6) is 0.257. The molecule has 3 rings (SSSR count). The lowest BCUT2D eigenvalue weighted by atomic mass is 10.2. The number of nitrogens with zero attached hydrogens (tertiary/aromatic N) is 3. The third kappa shape index (κ3) is 2.08. The van der Waals surface area contributed by atoms with E-state index in [4.69, 9.17) is 5.11 Å². The molecule has 1 N–H and O–H groups in total. The van der Waals surface area contributed by atoms with Gasteiger partial charge >= 0.3 is 5.97 Å². The maximum absolute atomic E-state index is 10.6. The van der Waals surface area contributed by atoms with Crippen LogP contribution >= 0.6 is 0 Å². The van der Waals surface area contributed by atoms with Gasteiger partial charge in [-0.3, -0.25) is 9.78 Å². The number of rotatable bonds is 5. The van der Waals surface area contributed by atoms with Crippen molar-refractivity contribution in [1.29, 1.82) is 0 Å². The minimum absolute atomic E-state index is 0.201. The van der Waals surface area contributed by atoms with Crippen molar-refractivity contribution in [2.45, 2.75) is 38.1 Å². The van der Waals surface area contributed by atoms with Crippen molar-refractivity contribution in [3.63, 3.8) is 0 Å². The van der Waals surface area contributed by atoms with Gasteiger partial charge in [-0.05, 0) is 25.3 Å². The van der Waals surface area contributed by atoms with Gasteiger partial charge in [0, 0.05) is 25.1 Å². The Kier molecular flexibility index (Phi) is 2.74. The molecule has 0 aromatic carbocycles. The van der Waals surface area contributed by atoms with Gasteiger partial charge in [0.25, 0.3) is 0 Å². The molecule has 94 valence electrons. The van der Waals surface area contributed by atoms with Crippen LogP contribution in [-0.2, 0) is 11.2 Å². The maximum Gasteiger partial charge on any atom is 0.303 e. The molecule has 1 aliphatic rings. The van der Waals surface area contributed by atoms with Gasteiger partial charge in [-0.15, -0.1) is 0 Å². The van der Waals surface area contributed by atoms with Gasteiger partial charge < -0.3 is 9.67 Å². The molecule has 1 fully saturated rings. The van der Waals surface area contributed by atoms with Crippen molar-refractivity contribution in [3.05, 3.63) is 24.3 Å². The Balaban J connectivity index is 1.90. The first-order chi connectivity index (χ1) is 8.75. The van der Waals surface area contributed by atoms with E-state index >= 15 is 0 Å². The monoisotopic (exact) mass is 245 g/mol. The molecule has 0 saturated heterocycles. The Morgan fingerprint density at radius 2 is 2.33 bits per heavy atom. The Morgan fingerprint density at radius 3 is 3.06 bits per heavy atom. The van der Waals surface area contributed by atoms with Gasteiger partial charge in [0.1, 0.15) is 11.3 Å². The summed E-state index contributed by atoms with van der Waals surface area (Å²) in [7, 11) is 0. The highest BCUT2D eigenvalue weighted by molar-refractivity contribution is 5.75. The Bertz CT molecular complexity index is 587. The van der Waals surface area contributed by atoms with Gasteiger partial charge in [-0.25, -0.2) is 4.98 Å². The zero-order valence-electron chi connectivity index (χ0n) is 10.0. The molecule has 0 radical (unpaired) electrons. The van der Waals surface area contributed by atoms with Crippen LogP contribution in [0.4, 0.5) is 0 Å². The highest BCUT2D eigenvalue weighted by Crippen LogP contribution is 2.38. The molecule has 18 heavy (non-hydrogen) atoms. The van der Waals surface area contributed by atoms with Crippen LogP contribution in [0.5, 0.6) is 0 Å². The third-order valence-electron chi connectivity index (χ3n) is 3.27. The lowest BCUT2D eigenvalue weighted by Crippen LogP contribution is -2.03. The number of aliphatic carboxylic acids is 1. The molecule has 2 aromatic rings. The van der Waals surface area contributed by atoms with Crippen LogP contribution in [-0.4, -0.2) is 25.6 Å². The zero-order valence-corrected chi connectivity index (χ0v) is 10.0. The number of aromatic nitrogens is 3. The largest absolute Gasteiger partial charge is 0.481 e. The van der Waals surface area contributed by atoms with Crippen LogP contribution < -0.4 is 0 Å². The number of hydrogen-bond donors (Lipinski definition) is 1. The number of carboxylic acid groups (broad SMARTS) is 1. The van der Waals surface area contributed by atoms with Crippen molar-refractivity contribution in [3.8, 4) is 0 Å². The van der Waals surface area contributed by atoms with Crippen LogP contribution in [0.3, 0.4) is 0 Å². The number of carboxylic acids is 1. The van der Waals surface area contributed by atoms with E-state index in [0.29, 0.717) is 12.5 Å². The van der Waals surface area contributed by atoms with Gasteiger partial charge in [-0.2, -0.15) is 0 Å². The average Bonchev–Trinajstić information content (AvgIpc) is 3.10. The SMILES string of the molecule is O=C(O)CCCc1nc2cnccc2n1C1CC1. The summed E-state index contributed by atoms with van der Waals surface area (Å²) in [5.41, 5.74) is 2.03. The van der Waals surface area contributed by atoms with E-state index in [1.807, 2.05) is 6.07 Å². The molecule has 2 aromatic heterocycles. The number of hydrogen-bond acceptors (Lipinski definition) is 3. The lowest BCUT2D eigenvalue weighted by molar-refractivity contribution is -0.137. The summed E-state index contributed by atoms with van der Waals surface area (Å²) in [4.78, 5) is 19.2. The topological polar surface area (TPSA) is 68.0 Å². The van der Waals surface area contributed by atoms with E-state index in [0.717, 1.165) is 23.3 Å². The van der Waals surface area contributed by atoms with Gasteiger partial charge in [-0.1, -0.05) is 0 Å². The number of pyridine rings is 1. The van der Waals surface area contributed by atoms with E-state index in [-0.39, 0.29) is 6.42 Å².